The average molecular weight is 488 g/mol. The minimum atomic E-state index is -1.33. The third-order valence-electron chi connectivity index (χ3n) is 4.61. The first kappa shape index (κ1) is 29.1. The molecule has 1 aromatic heterocycles. The predicted octanol–water partition coefficient (Wildman–Crippen LogP) is -2.32. The Morgan fingerprint density at radius 2 is 1.76 bits per heavy atom. The van der Waals surface area contributed by atoms with Crippen LogP contribution in [0.15, 0.2) is 11.5 Å². The first-order valence-corrected chi connectivity index (χ1v) is 10.4. The van der Waals surface area contributed by atoms with Crippen molar-refractivity contribution in [1.82, 2.24) is 25.4 Å². The van der Waals surface area contributed by atoms with Gasteiger partial charge in [-0.3, -0.25) is 9.59 Å². The van der Waals surface area contributed by atoms with Crippen LogP contribution in [0.4, 0.5) is 0 Å². The second kappa shape index (κ2) is 13.7. The van der Waals surface area contributed by atoms with Gasteiger partial charge in [0.15, 0.2) is 6.23 Å². The molecule has 6 atom stereocenters. The SMILES string of the molecule is CNC(C)C(=O)ON=C(C)C.CN[C@@H](C)C(=O)OC[C@H]1O[C@@H](n2cnc(C(N)=O)n2)[C@H](O)[C@@H]1O. The van der Waals surface area contributed by atoms with Crippen molar-refractivity contribution in [2.75, 3.05) is 20.7 Å². The Morgan fingerprint density at radius 3 is 2.26 bits per heavy atom. The lowest BCUT2D eigenvalue weighted by Crippen LogP contribution is -2.37. The molecule has 2 heterocycles. The number of carbonyl (C=O) groups is 3. The van der Waals surface area contributed by atoms with Crippen molar-refractivity contribution < 1.29 is 38.9 Å². The number of rotatable bonds is 9. The van der Waals surface area contributed by atoms with Crippen molar-refractivity contribution in [3.63, 3.8) is 0 Å². The molecule has 15 nitrogen and oxygen atoms in total. The van der Waals surface area contributed by atoms with Crippen molar-refractivity contribution >= 4 is 23.6 Å². The van der Waals surface area contributed by atoms with E-state index in [9.17, 15) is 24.6 Å². The number of nitrogens with zero attached hydrogens (tertiary/aromatic N) is 4. The second-order valence-electron chi connectivity index (χ2n) is 7.56. The third-order valence-corrected chi connectivity index (χ3v) is 4.61. The maximum atomic E-state index is 11.6. The fourth-order valence-electron chi connectivity index (χ4n) is 2.34. The number of primary amides is 1. The first-order valence-electron chi connectivity index (χ1n) is 10.4. The van der Waals surface area contributed by atoms with Gasteiger partial charge in [-0.25, -0.2) is 14.5 Å². The van der Waals surface area contributed by atoms with Gasteiger partial charge in [0.2, 0.25) is 5.82 Å². The number of hydrogen-bond donors (Lipinski definition) is 5. The van der Waals surface area contributed by atoms with Crippen LogP contribution in [0.25, 0.3) is 0 Å². The molecule has 1 aliphatic heterocycles. The molecule has 1 unspecified atom stereocenters. The smallest absolute Gasteiger partial charge is 0.351 e. The lowest BCUT2D eigenvalue weighted by Gasteiger charge is -2.16. The Morgan fingerprint density at radius 1 is 1.18 bits per heavy atom. The minimum Gasteiger partial charge on any atom is -0.462 e. The minimum absolute atomic E-state index is 0.239. The van der Waals surface area contributed by atoms with Crippen LogP contribution in [0.1, 0.15) is 44.5 Å². The summed E-state index contributed by atoms with van der Waals surface area (Å²) in [5, 5.41) is 32.7. The summed E-state index contributed by atoms with van der Waals surface area (Å²) >= 11 is 0. The van der Waals surface area contributed by atoms with Gasteiger partial charge < -0.3 is 40.9 Å². The molecule has 0 aliphatic carbocycles. The number of esters is 1. The highest BCUT2D eigenvalue weighted by atomic mass is 16.7. The van der Waals surface area contributed by atoms with Crippen LogP contribution in [-0.4, -0.2) is 99.6 Å². The van der Waals surface area contributed by atoms with E-state index in [2.05, 4.69) is 30.7 Å². The molecule has 0 saturated carbocycles. The number of likely N-dealkylation sites (N-methyl/N-ethyl adjacent to an activating group) is 2. The number of aliphatic hydroxyl groups excluding tert-OH is 2. The molecule has 0 aromatic carbocycles. The molecule has 15 heteroatoms. The van der Waals surface area contributed by atoms with Crippen molar-refractivity contribution in [3.05, 3.63) is 12.2 Å². The maximum absolute atomic E-state index is 11.6. The van der Waals surface area contributed by atoms with Gasteiger partial charge in [0.1, 0.15) is 43.3 Å². The van der Waals surface area contributed by atoms with Gasteiger partial charge >= 0.3 is 11.9 Å². The zero-order chi connectivity index (χ0) is 26.0. The van der Waals surface area contributed by atoms with E-state index in [1.165, 1.54) is 0 Å². The van der Waals surface area contributed by atoms with E-state index in [0.29, 0.717) is 0 Å². The number of oxime groups is 1. The second-order valence-corrected chi connectivity index (χ2v) is 7.56. The summed E-state index contributed by atoms with van der Waals surface area (Å²) in [6.07, 6.45) is -3.49. The summed E-state index contributed by atoms with van der Waals surface area (Å²) in [4.78, 5) is 41.7. The Kier molecular flexibility index (Phi) is 11.7. The van der Waals surface area contributed by atoms with Crippen LogP contribution in [0, 0.1) is 0 Å². The Labute approximate surface area is 196 Å². The highest BCUT2D eigenvalue weighted by Gasteiger charge is 2.45. The molecule has 1 fully saturated rings. The Hall–Kier alpha value is -2.98. The van der Waals surface area contributed by atoms with Gasteiger partial charge in [0.05, 0.1) is 5.71 Å². The fraction of sp³-hybridized carbons (Fsp3) is 0.684. The van der Waals surface area contributed by atoms with Crippen molar-refractivity contribution in [2.45, 2.75) is 64.3 Å². The molecule has 192 valence electrons. The molecule has 2 rings (SSSR count). The standard InChI is InChI=1S/C12H19N5O6.C7H14N2O2/c1-5(14-2)12(21)22-3-6-7(18)8(19)11(23-6)17-4-15-10(16-17)9(13)20;1-5(2)9-11-7(10)6(3)8-4/h4-8,11,14,18-19H,3H2,1-2H3,(H2,13,20);6,8H,1-4H3/t5-,6+,7+,8+,11+;/m0./s1. The van der Waals surface area contributed by atoms with Crippen LogP contribution in [0.2, 0.25) is 0 Å². The van der Waals surface area contributed by atoms with E-state index < -0.39 is 42.5 Å². The van der Waals surface area contributed by atoms with Crippen LogP contribution in [0.5, 0.6) is 0 Å². The summed E-state index contributed by atoms with van der Waals surface area (Å²) in [6, 6.07) is -0.819. The number of ether oxygens (including phenoxy) is 2. The molecule has 1 aliphatic rings. The van der Waals surface area contributed by atoms with Crippen LogP contribution in [-0.2, 0) is 23.9 Å². The van der Waals surface area contributed by atoms with Crippen molar-refractivity contribution in [2.24, 2.45) is 10.9 Å². The van der Waals surface area contributed by atoms with Gasteiger partial charge in [-0.1, -0.05) is 5.16 Å². The van der Waals surface area contributed by atoms with E-state index in [0.717, 1.165) is 16.7 Å². The third kappa shape index (κ3) is 8.42. The van der Waals surface area contributed by atoms with Gasteiger partial charge in [0, 0.05) is 0 Å². The summed E-state index contributed by atoms with van der Waals surface area (Å²) < 4.78 is 11.5. The molecule has 34 heavy (non-hydrogen) atoms. The van der Waals surface area contributed by atoms with Gasteiger partial charge in [0.25, 0.3) is 5.91 Å². The molecular weight excluding hydrogens is 454 g/mol. The van der Waals surface area contributed by atoms with E-state index in [-0.39, 0.29) is 24.4 Å². The monoisotopic (exact) mass is 487 g/mol. The molecular formula is C19H33N7O8. The number of carbonyl (C=O) groups excluding carboxylic acids is 3. The lowest BCUT2D eigenvalue weighted by molar-refractivity contribution is -0.152. The molecule has 0 spiro atoms. The number of aromatic nitrogens is 3. The summed E-state index contributed by atoms with van der Waals surface area (Å²) in [7, 11) is 3.29. The fourth-order valence-corrected chi connectivity index (χ4v) is 2.34. The van der Waals surface area contributed by atoms with Gasteiger partial charge in [-0.15, -0.1) is 5.10 Å². The number of nitrogens with one attached hydrogen (secondary N) is 2. The predicted molar refractivity (Wildman–Crippen MR) is 117 cm³/mol. The van der Waals surface area contributed by atoms with E-state index in [1.807, 2.05) is 0 Å². The lowest BCUT2D eigenvalue weighted by atomic mass is 10.1. The molecule has 0 bridgehead atoms. The number of nitrogens with two attached hydrogens (primary N) is 1. The van der Waals surface area contributed by atoms with Gasteiger partial charge in [-0.2, -0.15) is 0 Å². The Balaban J connectivity index is 0.000000445. The first-order chi connectivity index (χ1) is 15.9. The van der Waals surface area contributed by atoms with Crippen LogP contribution >= 0.6 is 0 Å². The number of hydrogen-bond acceptors (Lipinski definition) is 13. The van der Waals surface area contributed by atoms with E-state index >= 15 is 0 Å². The molecule has 1 aromatic rings. The maximum Gasteiger partial charge on any atom is 0.351 e. The summed E-state index contributed by atoms with van der Waals surface area (Å²) in [6.45, 7) is 6.61. The molecule has 1 amide bonds. The number of amides is 1. The quantitative estimate of drug-likeness (QED) is 0.107. The van der Waals surface area contributed by atoms with E-state index in [4.69, 9.17) is 15.2 Å². The van der Waals surface area contributed by atoms with Crippen molar-refractivity contribution in [3.8, 4) is 0 Å². The largest absolute Gasteiger partial charge is 0.462 e. The summed E-state index contributed by atoms with van der Waals surface area (Å²) in [5.74, 6) is -1.96. The number of aliphatic hydroxyl groups is 2. The molecule has 0 radical (unpaired) electrons. The average Bonchev–Trinajstić information content (AvgIpc) is 3.40. The molecule has 6 N–H and O–H groups in total. The zero-order valence-corrected chi connectivity index (χ0v) is 20.0. The highest BCUT2D eigenvalue weighted by Crippen LogP contribution is 2.29. The Bertz CT molecular complexity index is 857. The molecule has 1 saturated heterocycles. The van der Waals surface area contributed by atoms with Gasteiger partial charge in [-0.05, 0) is 41.8 Å². The topological polar surface area (TPSA) is 213 Å². The normalized spacial score (nSPS) is 23.2. The van der Waals surface area contributed by atoms with E-state index in [1.54, 1.807) is 41.8 Å². The van der Waals surface area contributed by atoms with Crippen molar-refractivity contribution in [1.29, 1.82) is 0 Å². The summed E-state index contributed by atoms with van der Waals surface area (Å²) in [5.41, 5.74) is 5.77. The highest BCUT2D eigenvalue weighted by molar-refractivity contribution is 5.88. The van der Waals surface area contributed by atoms with Crippen LogP contribution in [0.3, 0.4) is 0 Å². The zero-order valence-electron chi connectivity index (χ0n) is 20.0. The van der Waals surface area contributed by atoms with Crippen LogP contribution < -0.4 is 16.4 Å².